The van der Waals surface area contributed by atoms with Gasteiger partial charge >= 0.3 is 0 Å². The second kappa shape index (κ2) is 5.52. The van der Waals surface area contributed by atoms with Crippen molar-refractivity contribution in [2.24, 2.45) is 11.7 Å². The van der Waals surface area contributed by atoms with Crippen LogP contribution in [0.25, 0.3) is 11.4 Å². The van der Waals surface area contributed by atoms with Crippen LogP contribution in [0.2, 0.25) is 5.02 Å². The Balaban J connectivity index is 1.71. The van der Waals surface area contributed by atoms with E-state index in [-0.39, 0.29) is 6.04 Å². The fourth-order valence-electron chi connectivity index (χ4n) is 2.48. The Labute approximate surface area is 122 Å². The Hall–Kier alpha value is -1.43. The molecule has 1 fully saturated rings. The van der Waals surface area contributed by atoms with Gasteiger partial charge in [-0.05, 0) is 18.1 Å². The molecule has 5 nitrogen and oxygen atoms in total. The van der Waals surface area contributed by atoms with E-state index in [4.69, 9.17) is 21.9 Å². The third-order valence-electron chi connectivity index (χ3n) is 3.66. The summed E-state index contributed by atoms with van der Waals surface area (Å²) < 4.78 is 5.30. The van der Waals surface area contributed by atoms with Gasteiger partial charge in [0.25, 0.3) is 0 Å². The van der Waals surface area contributed by atoms with Crippen molar-refractivity contribution in [2.45, 2.75) is 19.5 Å². The van der Waals surface area contributed by atoms with E-state index in [2.05, 4.69) is 22.0 Å². The molecule has 1 aromatic heterocycles. The van der Waals surface area contributed by atoms with Gasteiger partial charge in [0, 0.05) is 29.7 Å². The van der Waals surface area contributed by atoms with E-state index in [1.807, 2.05) is 24.3 Å². The minimum atomic E-state index is 0.227. The molecule has 1 saturated heterocycles. The Morgan fingerprint density at radius 1 is 1.45 bits per heavy atom. The molecule has 2 unspecified atom stereocenters. The van der Waals surface area contributed by atoms with Gasteiger partial charge < -0.3 is 10.3 Å². The van der Waals surface area contributed by atoms with Crippen molar-refractivity contribution in [2.75, 3.05) is 13.1 Å². The van der Waals surface area contributed by atoms with Crippen LogP contribution in [0.5, 0.6) is 0 Å². The molecule has 3 rings (SSSR count). The highest BCUT2D eigenvalue weighted by Gasteiger charge is 2.27. The van der Waals surface area contributed by atoms with E-state index >= 15 is 0 Å². The van der Waals surface area contributed by atoms with Crippen LogP contribution in [0.15, 0.2) is 28.8 Å². The zero-order valence-electron chi connectivity index (χ0n) is 11.3. The fourth-order valence-corrected chi connectivity index (χ4v) is 2.67. The molecule has 1 aromatic carbocycles. The SMILES string of the molecule is CC1CN(Cc2nc(-c3cccc(Cl)c3)no2)CC1N. The van der Waals surface area contributed by atoms with E-state index in [0.29, 0.717) is 29.2 Å². The van der Waals surface area contributed by atoms with Crippen molar-refractivity contribution < 1.29 is 4.52 Å². The number of nitrogens with two attached hydrogens (primary N) is 1. The minimum Gasteiger partial charge on any atom is -0.338 e. The first-order valence-electron chi connectivity index (χ1n) is 6.68. The summed E-state index contributed by atoms with van der Waals surface area (Å²) in [4.78, 5) is 6.66. The third-order valence-corrected chi connectivity index (χ3v) is 3.89. The topological polar surface area (TPSA) is 68.2 Å². The summed E-state index contributed by atoms with van der Waals surface area (Å²) in [5, 5.41) is 4.67. The molecule has 2 aromatic rings. The first kappa shape index (κ1) is 13.5. The molecule has 2 atom stereocenters. The summed E-state index contributed by atoms with van der Waals surface area (Å²) >= 11 is 5.96. The fraction of sp³-hybridized carbons (Fsp3) is 0.429. The summed E-state index contributed by atoms with van der Waals surface area (Å²) in [6, 6.07) is 7.65. The number of likely N-dealkylation sites (tertiary alicyclic amines) is 1. The highest BCUT2D eigenvalue weighted by molar-refractivity contribution is 6.30. The summed E-state index contributed by atoms with van der Waals surface area (Å²) in [5.41, 5.74) is 6.87. The molecule has 106 valence electrons. The zero-order valence-corrected chi connectivity index (χ0v) is 12.0. The van der Waals surface area contributed by atoms with Crippen LogP contribution in [-0.2, 0) is 6.54 Å². The van der Waals surface area contributed by atoms with Gasteiger partial charge in [-0.25, -0.2) is 0 Å². The maximum absolute atomic E-state index is 6.01. The van der Waals surface area contributed by atoms with E-state index in [1.54, 1.807) is 0 Å². The van der Waals surface area contributed by atoms with Crippen LogP contribution in [0.3, 0.4) is 0 Å². The standard InChI is InChI=1S/C14H17ClN4O/c1-9-6-19(7-12(9)16)8-13-17-14(18-20-13)10-3-2-4-11(15)5-10/h2-5,9,12H,6-8,16H2,1H3. The van der Waals surface area contributed by atoms with Gasteiger partial charge in [-0.1, -0.05) is 35.8 Å². The predicted octanol–water partition coefficient (Wildman–Crippen LogP) is 2.17. The lowest BCUT2D eigenvalue weighted by molar-refractivity contribution is 0.261. The van der Waals surface area contributed by atoms with Gasteiger partial charge in [0.15, 0.2) is 0 Å². The van der Waals surface area contributed by atoms with Gasteiger partial charge in [-0.2, -0.15) is 4.98 Å². The van der Waals surface area contributed by atoms with Crippen molar-refractivity contribution >= 4 is 11.6 Å². The van der Waals surface area contributed by atoms with Gasteiger partial charge in [-0.3, -0.25) is 4.90 Å². The molecule has 2 heterocycles. The van der Waals surface area contributed by atoms with Gasteiger partial charge in [0.1, 0.15) is 0 Å². The molecule has 0 spiro atoms. The van der Waals surface area contributed by atoms with Crippen LogP contribution in [0, 0.1) is 5.92 Å². The molecule has 2 N–H and O–H groups in total. The second-order valence-corrected chi connectivity index (χ2v) is 5.79. The molecule has 0 radical (unpaired) electrons. The maximum atomic E-state index is 6.01. The van der Waals surface area contributed by atoms with Crippen LogP contribution in [0.1, 0.15) is 12.8 Å². The number of aromatic nitrogens is 2. The van der Waals surface area contributed by atoms with Crippen LogP contribution in [0.4, 0.5) is 0 Å². The maximum Gasteiger partial charge on any atom is 0.241 e. The third kappa shape index (κ3) is 2.85. The molecule has 1 aliphatic heterocycles. The number of rotatable bonds is 3. The Bertz CT molecular complexity index is 590. The largest absolute Gasteiger partial charge is 0.338 e. The van der Waals surface area contributed by atoms with Crippen molar-refractivity contribution in [1.82, 2.24) is 15.0 Å². The highest BCUT2D eigenvalue weighted by atomic mass is 35.5. The lowest BCUT2D eigenvalue weighted by atomic mass is 10.1. The summed E-state index contributed by atoms with van der Waals surface area (Å²) in [5.74, 6) is 1.69. The molecule has 0 bridgehead atoms. The van der Waals surface area contributed by atoms with Crippen molar-refractivity contribution in [1.29, 1.82) is 0 Å². The smallest absolute Gasteiger partial charge is 0.241 e. The van der Waals surface area contributed by atoms with Gasteiger partial charge in [0.05, 0.1) is 6.54 Å². The molecule has 0 amide bonds. The molecule has 6 heteroatoms. The summed E-state index contributed by atoms with van der Waals surface area (Å²) in [6.45, 7) is 4.65. The summed E-state index contributed by atoms with van der Waals surface area (Å²) in [7, 11) is 0. The molecule has 0 aliphatic carbocycles. The lowest BCUT2D eigenvalue weighted by Crippen LogP contribution is -2.28. The molecule has 1 aliphatic rings. The molecular formula is C14H17ClN4O. The monoisotopic (exact) mass is 292 g/mol. The van der Waals surface area contributed by atoms with Crippen LogP contribution < -0.4 is 5.73 Å². The first-order chi connectivity index (χ1) is 9.61. The van der Waals surface area contributed by atoms with Gasteiger partial charge in [-0.15, -0.1) is 0 Å². The van der Waals surface area contributed by atoms with Crippen molar-refractivity contribution in [3.8, 4) is 11.4 Å². The minimum absolute atomic E-state index is 0.227. The van der Waals surface area contributed by atoms with E-state index < -0.39 is 0 Å². The number of benzene rings is 1. The average molecular weight is 293 g/mol. The lowest BCUT2D eigenvalue weighted by Gasteiger charge is -2.11. The van der Waals surface area contributed by atoms with Crippen LogP contribution in [-0.4, -0.2) is 34.2 Å². The predicted molar refractivity (Wildman–Crippen MR) is 77.2 cm³/mol. The normalized spacial score (nSPS) is 23.4. The Morgan fingerprint density at radius 2 is 2.30 bits per heavy atom. The van der Waals surface area contributed by atoms with E-state index in [9.17, 15) is 0 Å². The van der Waals surface area contributed by atoms with Gasteiger partial charge in [0.2, 0.25) is 11.7 Å². The van der Waals surface area contributed by atoms with E-state index in [1.165, 1.54) is 0 Å². The Morgan fingerprint density at radius 3 is 3.00 bits per heavy atom. The molecule has 20 heavy (non-hydrogen) atoms. The van der Waals surface area contributed by atoms with Crippen molar-refractivity contribution in [3.63, 3.8) is 0 Å². The number of nitrogens with zero attached hydrogens (tertiary/aromatic N) is 3. The molecular weight excluding hydrogens is 276 g/mol. The highest BCUT2D eigenvalue weighted by Crippen LogP contribution is 2.21. The quantitative estimate of drug-likeness (QED) is 0.939. The van der Waals surface area contributed by atoms with Crippen LogP contribution >= 0.6 is 11.6 Å². The first-order valence-corrected chi connectivity index (χ1v) is 7.06. The average Bonchev–Trinajstić information content (AvgIpc) is 2.98. The second-order valence-electron chi connectivity index (χ2n) is 5.36. The molecule has 0 saturated carbocycles. The Kier molecular flexibility index (Phi) is 3.74. The zero-order chi connectivity index (χ0) is 14.1. The number of hydrogen-bond donors (Lipinski definition) is 1. The number of halogens is 1. The summed E-state index contributed by atoms with van der Waals surface area (Å²) in [6.07, 6.45) is 0. The number of hydrogen-bond acceptors (Lipinski definition) is 5. The van der Waals surface area contributed by atoms with E-state index in [0.717, 1.165) is 18.7 Å². The van der Waals surface area contributed by atoms with Crippen molar-refractivity contribution in [3.05, 3.63) is 35.2 Å².